The van der Waals surface area contributed by atoms with Crippen molar-refractivity contribution in [3.63, 3.8) is 0 Å². The number of carboxylic acid groups (broad SMARTS) is 1. The lowest BCUT2D eigenvalue weighted by atomic mass is 10.1. The van der Waals surface area contributed by atoms with Crippen molar-refractivity contribution < 1.29 is 14.7 Å². The Morgan fingerprint density at radius 1 is 1.30 bits per heavy atom. The second-order valence-corrected chi connectivity index (χ2v) is 5.03. The van der Waals surface area contributed by atoms with Crippen LogP contribution < -0.4 is 0 Å². The van der Waals surface area contributed by atoms with Crippen molar-refractivity contribution in [1.82, 2.24) is 14.8 Å². The van der Waals surface area contributed by atoms with Gasteiger partial charge in [-0.25, -0.2) is 0 Å². The molecule has 6 heteroatoms. The van der Waals surface area contributed by atoms with Gasteiger partial charge in [-0.05, 0) is 26.0 Å². The Morgan fingerprint density at radius 2 is 1.95 bits per heavy atom. The maximum Gasteiger partial charge on any atom is 0.320 e. The Balaban J connectivity index is 1.97. The molecular weight excluding hydrogens is 258 g/mol. The van der Waals surface area contributed by atoms with E-state index in [1.54, 1.807) is 30.2 Å². The van der Waals surface area contributed by atoms with Crippen molar-refractivity contribution in [2.75, 3.05) is 26.2 Å². The third kappa shape index (κ3) is 3.14. The van der Waals surface area contributed by atoms with Crippen LogP contribution in [0.3, 0.4) is 0 Å². The number of aryl methyl sites for hydroxylation is 1. The fourth-order valence-corrected chi connectivity index (χ4v) is 2.33. The summed E-state index contributed by atoms with van der Waals surface area (Å²) in [5.74, 6) is -0.840. The monoisotopic (exact) mass is 277 g/mol. The third-order valence-electron chi connectivity index (χ3n) is 3.65. The molecule has 1 aromatic rings. The maximum absolute atomic E-state index is 12.3. The van der Waals surface area contributed by atoms with Crippen molar-refractivity contribution in [2.24, 2.45) is 0 Å². The van der Waals surface area contributed by atoms with Crippen molar-refractivity contribution >= 4 is 11.9 Å². The number of aliphatic carboxylic acids is 1. The molecule has 0 saturated carbocycles. The lowest BCUT2D eigenvalue weighted by Crippen LogP contribution is -2.53. The number of rotatable bonds is 3. The highest BCUT2D eigenvalue weighted by molar-refractivity contribution is 5.94. The van der Waals surface area contributed by atoms with Gasteiger partial charge in [0.1, 0.15) is 6.04 Å². The molecule has 1 saturated heterocycles. The average Bonchev–Trinajstić information content (AvgIpc) is 2.46. The molecule has 1 N–H and O–H groups in total. The maximum atomic E-state index is 12.3. The van der Waals surface area contributed by atoms with E-state index in [4.69, 9.17) is 5.11 Å². The van der Waals surface area contributed by atoms with E-state index in [0.717, 1.165) is 5.69 Å². The van der Waals surface area contributed by atoms with Crippen molar-refractivity contribution in [3.8, 4) is 0 Å². The summed E-state index contributed by atoms with van der Waals surface area (Å²) in [4.78, 5) is 31.0. The summed E-state index contributed by atoms with van der Waals surface area (Å²) in [5.41, 5.74) is 1.45. The molecule has 108 valence electrons. The Labute approximate surface area is 118 Å². The molecule has 0 bridgehead atoms. The zero-order valence-corrected chi connectivity index (χ0v) is 11.7. The van der Waals surface area contributed by atoms with Crippen LogP contribution in [0, 0.1) is 6.92 Å². The van der Waals surface area contributed by atoms with Gasteiger partial charge in [-0.15, -0.1) is 0 Å². The fourth-order valence-electron chi connectivity index (χ4n) is 2.33. The third-order valence-corrected chi connectivity index (χ3v) is 3.65. The first-order valence-electron chi connectivity index (χ1n) is 6.68. The highest BCUT2D eigenvalue weighted by Crippen LogP contribution is 2.11. The van der Waals surface area contributed by atoms with Crippen LogP contribution in [-0.2, 0) is 4.79 Å². The smallest absolute Gasteiger partial charge is 0.320 e. The average molecular weight is 277 g/mol. The first-order valence-corrected chi connectivity index (χ1v) is 6.68. The minimum Gasteiger partial charge on any atom is -0.480 e. The van der Waals surface area contributed by atoms with Gasteiger partial charge in [0.2, 0.25) is 0 Å². The molecule has 6 nitrogen and oxygen atoms in total. The van der Waals surface area contributed by atoms with E-state index < -0.39 is 12.0 Å². The summed E-state index contributed by atoms with van der Waals surface area (Å²) >= 11 is 0. The number of carboxylic acids is 1. The number of piperazine rings is 1. The molecule has 0 spiro atoms. The summed E-state index contributed by atoms with van der Waals surface area (Å²) in [6.45, 7) is 5.80. The zero-order chi connectivity index (χ0) is 14.7. The molecule has 1 fully saturated rings. The van der Waals surface area contributed by atoms with Crippen LogP contribution in [0.15, 0.2) is 18.3 Å². The van der Waals surface area contributed by atoms with Crippen LogP contribution in [0.1, 0.15) is 23.0 Å². The second kappa shape index (κ2) is 6.00. The summed E-state index contributed by atoms with van der Waals surface area (Å²) in [6, 6.07) is 2.98. The molecule has 20 heavy (non-hydrogen) atoms. The molecule has 1 aliphatic heterocycles. The molecule has 1 aromatic heterocycles. The summed E-state index contributed by atoms with van der Waals surface area (Å²) < 4.78 is 0. The summed E-state index contributed by atoms with van der Waals surface area (Å²) in [6.07, 6.45) is 1.63. The fraction of sp³-hybridized carbons (Fsp3) is 0.500. The predicted octanol–water partition coefficient (Wildman–Crippen LogP) is 0.621. The van der Waals surface area contributed by atoms with Gasteiger partial charge in [-0.1, -0.05) is 0 Å². The number of amides is 1. The highest BCUT2D eigenvalue weighted by atomic mass is 16.4. The first-order chi connectivity index (χ1) is 9.49. The Hall–Kier alpha value is -1.95. The highest BCUT2D eigenvalue weighted by Gasteiger charge is 2.27. The summed E-state index contributed by atoms with van der Waals surface area (Å²) in [5, 5.41) is 8.99. The summed E-state index contributed by atoms with van der Waals surface area (Å²) in [7, 11) is 0. The van der Waals surface area contributed by atoms with E-state index in [2.05, 4.69) is 4.98 Å². The van der Waals surface area contributed by atoms with Crippen LogP contribution >= 0.6 is 0 Å². The normalized spacial score (nSPS) is 17.8. The van der Waals surface area contributed by atoms with Gasteiger partial charge in [-0.3, -0.25) is 19.5 Å². The van der Waals surface area contributed by atoms with Gasteiger partial charge in [0.15, 0.2) is 0 Å². The molecule has 0 aliphatic carbocycles. The van der Waals surface area contributed by atoms with E-state index in [-0.39, 0.29) is 5.91 Å². The van der Waals surface area contributed by atoms with E-state index in [9.17, 15) is 9.59 Å². The molecule has 0 aromatic carbocycles. The van der Waals surface area contributed by atoms with Crippen LogP contribution in [0.25, 0.3) is 0 Å². The molecule has 1 aliphatic rings. The minimum absolute atomic E-state index is 0.0156. The minimum atomic E-state index is -0.825. The standard InChI is InChI=1S/C14H19N3O3/c1-10-9-12(3-4-15-10)13(18)17-7-5-16(6-8-17)11(2)14(19)20/h3-4,9,11H,5-8H2,1-2H3,(H,19,20). The molecule has 2 heterocycles. The second-order valence-electron chi connectivity index (χ2n) is 5.03. The Kier molecular flexibility index (Phi) is 4.34. The van der Waals surface area contributed by atoms with E-state index in [1.807, 2.05) is 11.8 Å². The van der Waals surface area contributed by atoms with Crippen molar-refractivity contribution in [2.45, 2.75) is 19.9 Å². The van der Waals surface area contributed by atoms with Gasteiger partial charge in [0, 0.05) is 43.6 Å². The van der Waals surface area contributed by atoms with Crippen LogP contribution in [0.2, 0.25) is 0 Å². The lowest BCUT2D eigenvalue weighted by molar-refractivity contribution is -0.143. The molecular formula is C14H19N3O3. The van der Waals surface area contributed by atoms with Gasteiger partial charge < -0.3 is 10.0 Å². The van der Waals surface area contributed by atoms with Crippen LogP contribution in [-0.4, -0.2) is 64.0 Å². The Bertz CT molecular complexity index is 510. The van der Waals surface area contributed by atoms with Crippen LogP contribution in [0.5, 0.6) is 0 Å². The molecule has 2 rings (SSSR count). The topological polar surface area (TPSA) is 73.7 Å². The first kappa shape index (κ1) is 14.5. The number of hydrogen-bond donors (Lipinski definition) is 1. The van der Waals surface area contributed by atoms with E-state index >= 15 is 0 Å². The van der Waals surface area contributed by atoms with Crippen molar-refractivity contribution in [3.05, 3.63) is 29.6 Å². The lowest BCUT2D eigenvalue weighted by Gasteiger charge is -2.36. The number of pyridine rings is 1. The molecule has 1 amide bonds. The largest absolute Gasteiger partial charge is 0.480 e. The van der Waals surface area contributed by atoms with Gasteiger partial charge in [-0.2, -0.15) is 0 Å². The molecule has 1 atom stereocenters. The van der Waals surface area contributed by atoms with E-state index in [1.165, 1.54) is 0 Å². The number of hydrogen-bond acceptors (Lipinski definition) is 4. The predicted molar refractivity (Wildman–Crippen MR) is 73.5 cm³/mol. The SMILES string of the molecule is Cc1cc(C(=O)N2CCN(C(C)C(=O)O)CC2)ccn1. The molecule has 1 unspecified atom stereocenters. The zero-order valence-electron chi connectivity index (χ0n) is 11.7. The van der Waals surface area contributed by atoms with Gasteiger partial charge >= 0.3 is 5.97 Å². The molecule has 0 radical (unpaired) electrons. The Morgan fingerprint density at radius 3 is 2.50 bits per heavy atom. The van der Waals surface area contributed by atoms with Crippen LogP contribution in [0.4, 0.5) is 0 Å². The number of aromatic nitrogens is 1. The number of carbonyl (C=O) groups is 2. The quantitative estimate of drug-likeness (QED) is 0.876. The van der Waals surface area contributed by atoms with E-state index in [0.29, 0.717) is 31.7 Å². The van der Waals surface area contributed by atoms with Gasteiger partial charge in [0.25, 0.3) is 5.91 Å². The number of nitrogens with zero attached hydrogens (tertiary/aromatic N) is 3. The van der Waals surface area contributed by atoms with Gasteiger partial charge in [0.05, 0.1) is 0 Å². The van der Waals surface area contributed by atoms with Crippen molar-refractivity contribution in [1.29, 1.82) is 0 Å². The number of carbonyl (C=O) groups excluding carboxylic acids is 1.